The third-order valence-corrected chi connectivity index (χ3v) is 7.56. The van der Waals surface area contributed by atoms with Gasteiger partial charge in [-0.25, -0.2) is 9.48 Å². The number of aryl methyl sites for hydroxylation is 2. The van der Waals surface area contributed by atoms with Gasteiger partial charge in [0.1, 0.15) is 5.82 Å². The molecule has 0 saturated heterocycles. The highest BCUT2D eigenvalue weighted by Gasteiger charge is 2.15. The average molecular weight is 540 g/mol. The van der Waals surface area contributed by atoms with E-state index >= 15 is 0 Å². The lowest BCUT2D eigenvalue weighted by Crippen LogP contribution is -2.25. The zero-order valence-corrected chi connectivity index (χ0v) is 24.4. The van der Waals surface area contributed by atoms with Crippen LogP contribution in [-0.4, -0.2) is 25.4 Å². The molecule has 0 aliphatic rings. The lowest BCUT2D eigenvalue weighted by molar-refractivity contribution is -0.137. The highest BCUT2D eigenvalue weighted by Crippen LogP contribution is 2.26. The van der Waals surface area contributed by atoms with E-state index in [1.54, 1.807) is 9.25 Å². The Morgan fingerprint density at radius 2 is 1.60 bits per heavy atom. The molecule has 4 aromatic rings. The Morgan fingerprint density at radius 3 is 2.23 bits per heavy atom. The van der Waals surface area contributed by atoms with Crippen LogP contribution in [0.3, 0.4) is 0 Å². The molecule has 40 heavy (non-hydrogen) atoms. The molecule has 1 atom stereocenters. The Hall–Kier alpha value is -3.93. The fourth-order valence-electron chi connectivity index (χ4n) is 5.09. The lowest BCUT2D eigenvalue weighted by atomic mass is 9.87. The number of benzene rings is 3. The molecule has 1 heterocycles. The van der Waals surface area contributed by atoms with Gasteiger partial charge in [0, 0.05) is 13.0 Å². The molecule has 0 saturated carbocycles. The Bertz CT molecular complexity index is 1490. The molecule has 6 nitrogen and oxygen atoms in total. The fourth-order valence-corrected chi connectivity index (χ4v) is 5.09. The minimum absolute atomic E-state index is 0.0327. The van der Waals surface area contributed by atoms with Crippen LogP contribution in [0.1, 0.15) is 81.5 Å². The van der Waals surface area contributed by atoms with Crippen molar-refractivity contribution in [2.45, 2.75) is 84.7 Å². The van der Waals surface area contributed by atoms with Crippen LogP contribution < -0.4 is 5.69 Å². The molecule has 1 N–H and O–H groups in total. The number of aromatic nitrogens is 3. The molecule has 0 spiro atoms. The van der Waals surface area contributed by atoms with Crippen molar-refractivity contribution in [2.24, 2.45) is 0 Å². The van der Waals surface area contributed by atoms with Gasteiger partial charge >= 0.3 is 11.7 Å². The molecule has 3 aromatic carbocycles. The van der Waals surface area contributed by atoms with E-state index in [0.29, 0.717) is 13.1 Å². The van der Waals surface area contributed by atoms with Crippen LogP contribution in [0.2, 0.25) is 0 Å². The summed E-state index contributed by atoms with van der Waals surface area (Å²) < 4.78 is 3.37. The minimum atomic E-state index is -0.782. The SMILES string of the molecule is CCn1c(CCCc2ccc(-c3cccc(C(C)CC(=O)O)c3)cc2)nn(Cc2ccc(C(C)(C)C)cc2)c1=O. The first kappa shape index (κ1) is 29.1. The Balaban J connectivity index is 1.38. The van der Waals surface area contributed by atoms with Gasteiger partial charge in [-0.2, -0.15) is 5.10 Å². The van der Waals surface area contributed by atoms with E-state index in [-0.39, 0.29) is 23.4 Å². The summed E-state index contributed by atoms with van der Waals surface area (Å²) >= 11 is 0. The van der Waals surface area contributed by atoms with Crippen molar-refractivity contribution < 1.29 is 9.90 Å². The van der Waals surface area contributed by atoms with Gasteiger partial charge in [-0.1, -0.05) is 100 Å². The van der Waals surface area contributed by atoms with Crippen LogP contribution in [0.15, 0.2) is 77.6 Å². The largest absolute Gasteiger partial charge is 0.481 e. The molecule has 1 aromatic heterocycles. The number of carboxylic acids is 1. The minimum Gasteiger partial charge on any atom is -0.481 e. The maximum absolute atomic E-state index is 13.0. The number of nitrogens with zero attached hydrogens (tertiary/aromatic N) is 3. The quantitative estimate of drug-likeness (QED) is 0.227. The summed E-state index contributed by atoms with van der Waals surface area (Å²) in [4.78, 5) is 24.1. The third-order valence-electron chi connectivity index (χ3n) is 7.56. The van der Waals surface area contributed by atoms with Crippen molar-refractivity contribution >= 4 is 5.97 Å². The zero-order valence-electron chi connectivity index (χ0n) is 24.4. The smallest absolute Gasteiger partial charge is 0.346 e. The monoisotopic (exact) mass is 539 g/mol. The van der Waals surface area contributed by atoms with Gasteiger partial charge in [-0.05, 0) is 64.5 Å². The summed E-state index contributed by atoms with van der Waals surface area (Å²) in [5, 5.41) is 13.8. The van der Waals surface area contributed by atoms with Crippen LogP contribution in [0.5, 0.6) is 0 Å². The summed E-state index contributed by atoms with van der Waals surface area (Å²) in [6.45, 7) is 11.6. The second kappa shape index (κ2) is 12.5. The molecule has 0 radical (unpaired) electrons. The summed E-state index contributed by atoms with van der Waals surface area (Å²) in [7, 11) is 0. The first-order valence-corrected chi connectivity index (χ1v) is 14.2. The predicted octanol–water partition coefficient (Wildman–Crippen LogP) is 6.83. The average Bonchev–Trinajstić information content (AvgIpc) is 3.22. The van der Waals surface area contributed by atoms with Gasteiger partial charge in [-0.3, -0.25) is 9.36 Å². The summed E-state index contributed by atoms with van der Waals surface area (Å²) in [6.07, 6.45) is 2.66. The first-order valence-electron chi connectivity index (χ1n) is 14.2. The topological polar surface area (TPSA) is 77.1 Å². The number of carbonyl (C=O) groups is 1. The maximum Gasteiger partial charge on any atom is 0.346 e. The molecule has 0 amide bonds. The molecule has 0 bridgehead atoms. The van der Waals surface area contributed by atoms with Crippen molar-refractivity contribution in [3.63, 3.8) is 0 Å². The highest BCUT2D eigenvalue weighted by molar-refractivity contribution is 5.69. The summed E-state index contributed by atoms with van der Waals surface area (Å²) in [6, 6.07) is 25.1. The van der Waals surface area contributed by atoms with Crippen LogP contribution in [0.4, 0.5) is 0 Å². The number of hydrogen-bond donors (Lipinski definition) is 1. The van der Waals surface area contributed by atoms with Gasteiger partial charge in [0.15, 0.2) is 0 Å². The zero-order chi connectivity index (χ0) is 28.9. The van der Waals surface area contributed by atoms with E-state index in [1.165, 1.54) is 11.1 Å². The van der Waals surface area contributed by atoms with Gasteiger partial charge < -0.3 is 5.11 Å². The summed E-state index contributed by atoms with van der Waals surface area (Å²) in [5.41, 5.74) is 6.87. The van der Waals surface area contributed by atoms with Crippen molar-refractivity contribution in [2.75, 3.05) is 0 Å². The van der Waals surface area contributed by atoms with Gasteiger partial charge in [-0.15, -0.1) is 0 Å². The van der Waals surface area contributed by atoms with Crippen LogP contribution in [0.25, 0.3) is 11.1 Å². The predicted molar refractivity (Wildman–Crippen MR) is 161 cm³/mol. The van der Waals surface area contributed by atoms with E-state index in [4.69, 9.17) is 10.2 Å². The maximum atomic E-state index is 13.0. The number of hydrogen-bond acceptors (Lipinski definition) is 3. The van der Waals surface area contributed by atoms with Crippen molar-refractivity contribution in [1.82, 2.24) is 14.3 Å². The van der Waals surface area contributed by atoms with Crippen LogP contribution in [-0.2, 0) is 36.1 Å². The van der Waals surface area contributed by atoms with Gasteiger partial charge in [0.05, 0.1) is 13.0 Å². The molecule has 0 fully saturated rings. The third kappa shape index (κ3) is 7.17. The number of aliphatic carboxylic acids is 1. The highest BCUT2D eigenvalue weighted by atomic mass is 16.4. The fraction of sp³-hybridized carbons (Fsp3) is 0.382. The van der Waals surface area contributed by atoms with E-state index in [1.807, 2.05) is 26.0 Å². The lowest BCUT2D eigenvalue weighted by Gasteiger charge is -2.19. The number of rotatable bonds is 11. The second-order valence-corrected chi connectivity index (χ2v) is 11.7. The molecule has 0 aliphatic heterocycles. The molecular formula is C34H41N3O3. The first-order chi connectivity index (χ1) is 19.0. The van der Waals surface area contributed by atoms with E-state index in [9.17, 15) is 9.59 Å². The Labute approximate surface area is 237 Å². The molecule has 4 rings (SSSR count). The molecule has 210 valence electrons. The van der Waals surface area contributed by atoms with Crippen molar-refractivity contribution in [3.8, 4) is 11.1 Å². The normalized spacial score (nSPS) is 12.4. The molecule has 1 unspecified atom stereocenters. The standard InChI is InChI=1S/C34H41N3O3/c1-6-36-31(35-37(33(36)40)23-26-15-19-30(20-16-26)34(3,4)5)12-7-9-25-13-17-27(18-14-25)29-11-8-10-28(22-29)24(2)21-32(38)39/h8,10-11,13-20,22,24H,6-7,9,12,21,23H2,1-5H3,(H,38,39). The van der Waals surface area contributed by atoms with Crippen LogP contribution >= 0.6 is 0 Å². The summed E-state index contributed by atoms with van der Waals surface area (Å²) in [5.74, 6) is 0.0216. The second-order valence-electron chi connectivity index (χ2n) is 11.7. The van der Waals surface area contributed by atoms with Gasteiger partial charge in [0.2, 0.25) is 0 Å². The van der Waals surface area contributed by atoms with E-state index < -0.39 is 5.97 Å². The molecule has 6 heteroatoms. The molecule has 0 aliphatic carbocycles. The van der Waals surface area contributed by atoms with Gasteiger partial charge in [0.25, 0.3) is 0 Å². The molecular weight excluding hydrogens is 498 g/mol. The Morgan fingerprint density at radius 1 is 0.925 bits per heavy atom. The van der Waals surface area contributed by atoms with Crippen LogP contribution in [0, 0.1) is 0 Å². The van der Waals surface area contributed by atoms with Crippen molar-refractivity contribution in [1.29, 1.82) is 0 Å². The van der Waals surface area contributed by atoms with E-state index in [2.05, 4.69) is 81.4 Å². The Kier molecular flexibility index (Phi) is 9.08. The van der Waals surface area contributed by atoms with E-state index in [0.717, 1.165) is 47.3 Å². The van der Waals surface area contributed by atoms with Crippen molar-refractivity contribution in [3.05, 3.63) is 111 Å². The number of carboxylic acid groups (broad SMARTS) is 1.